The number of phenols is 1. The lowest BCUT2D eigenvalue weighted by atomic mass is 10.3. The van der Waals surface area contributed by atoms with Gasteiger partial charge in [0, 0.05) is 0 Å². The van der Waals surface area contributed by atoms with Gasteiger partial charge in [0.2, 0.25) is 6.29 Å². The molecule has 1 aromatic heterocycles. The molecule has 0 saturated carbocycles. The summed E-state index contributed by atoms with van der Waals surface area (Å²) in [6, 6.07) is 4.77. The Bertz CT molecular complexity index is 433. The zero-order valence-corrected chi connectivity index (χ0v) is 6.02. The van der Waals surface area contributed by atoms with Gasteiger partial charge in [0.25, 0.3) is 5.89 Å². The van der Waals surface area contributed by atoms with E-state index >= 15 is 0 Å². The van der Waals surface area contributed by atoms with Gasteiger partial charge in [-0.3, -0.25) is 4.79 Å². The number of carbonyl (C=O) groups excluding carboxylic acids is 1. The first-order valence-electron chi connectivity index (χ1n) is 3.35. The number of para-hydroxylation sites is 1. The Balaban J connectivity index is 2.82. The summed E-state index contributed by atoms with van der Waals surface area (Å²) >= 11 is 0. The smallest absolute Gasteiger partial charge is 0.261 e. The molecule has 0 fully saturated rings. The number of rotatable bonds is 1. The van der Waals surface area contributed by atoms with Crippen LogP contribution in [0.15, 0.2) is 22.6 Å². The van der Waals surface area contributed by atoms with Crippen LogP contribution in [-0.2, 0) is 0 Å². The van der Waals surface area contributed by atoms with Crippen LogP contribution in [0.25, 0.3) is 11.1 Å². The molecule has 2 aromatic rings. The summed E-state index contributed by atoms with van der Waals surface area (Å²) in [4.78, 5) is 14.0. The lowest BCUT2D eigenvalue weighted by Crippen LogP contribution is -1.74. The Hall–Kier alpha value is -1.84. The normalized spacial score (nSPS) is 10.3. The van der Waals surface area contributed by atoms with Crippen LogP contribution in [0.5, 0.6) is 5.75 Å². The summed E-state index contributed by atoms with van der Waals surface area (Å²) in [5.74, 6) is -0.0281. The van der Waals surface area contributed by atoms with Gasteiger partial charge in [-0.25, -0.2) is 4.98 Å². The predicted octanol–water partition coefficient (Wildman–Crippen LogP) is 1.35. The first-order valence-corrected chi connectivity index (χ1v) is 3.35. The van der Waals surface area contributed by atoms with E-state index in [9.17, 15) is 9.90 Å². The van der Waals surface area contributed by atoms with Gasteiger partial charge in [-0.05, 0) is 12.1 Å². The minimum atomic E-state index is -0.0218. The van der Waals surface area contributed by atoms with Crippen molar-refractivity contribution in [2.24, 2.45) is 0 Å². The number of oxazole rings is 1. The number of nitrogens with zero attached hydrogens (tertiary/aromatic N) is 1. The molecule has 4 nitrogen and oxygen atoms in total. The van der Waals surface area contributed by atoms with Crippen LogP contribution < -0.4 is 0 Å². The van der Waals surface area contributed by atoms with Crippen molar-refractivity contribution in [3.63, 3.8) is 0 Å². The molecule has 0 bridgehead atoms. The number of aromatic nitrogens is 1. The van der Waals surface area contributed by atoms with Gasteiger partial charge < -0.3 is 9.52 Å². The highest BCUT2D eigenvalue weighted by Crippen LogP contribution is 2.23. The maximum absolute atomic E-state index is 10.2. The van der Waals surface area contributed by atoms with Gasteiger partial charge in [-0.15, -0.1) is 0 Å². The fourth-order valence-electron chi connectivity index (χ4n) is 1.00. The van der Waals surface area contributed by atoms with Crippen LogP contribution in [0.1, 0.15) is 10.7 Å². The number of carbonyl (C=O) groups is 1. The second-order valence-electron chi connectivity index (χ2n) is 2.30. The molecule has 2 rings (SSSR count). The average Bonchev–Trinajstić information content (AvgIpc) is 2.49. The average molecular weight is 163 g/mol. The fourth-order valence-corrected chi connectivity index (χ4v) is 1.00. The number of benzene rings is 1. The highest BCUT2D eigenvalue weighted by atomic mass is 16.4. The van der Waals surface area contributed by atoms with Crippen molar-refractivity contribution in [3.8, 4) is 5.75 Å². The van der Waals surface area contributed by atoms with E-state index in [0.717, 1.165) is 0 Å². The Morgan fingerprint density at radius 3 is 3.00 bits per heavy atom. The summed E-state index contributed by atoms with van der Waals surface area (Å²) in [6.07, 6.45) is 0.499. The molecule has 0 saturated heterocycles. The zero-order valence-electron chi connectivity index (χ0n) is 6.02. The summed E-state index contributed by atoms with van der Waals surface area (Å²) in [6.45, 7) is 0. The topological polar surface area (TPSA) is 63.3 Å². The molecule has 0 aliphatic carbocycles. The van der Waals surface area contributed by atoms with Crippen molar-refractivity contribution in [1.82, 2.24) is 4.98 Å². The number of phenolic OH excluding ortho intramolecular Hbond substituents is 1. The summed E-state index contributed by atoms with van der Waals surface area (Å²) in [7, 11) is 0. The molecule has 0 atom stereocenters. The third-order valence-electron chi connectivity index (χ3n) is 1.51. The Morgan fingerprint density at radius 1 is 1.50 bits per heavy atom. The van der Waals surface area contributed by atoms with Crippen LogP contribution in [0.4, 0.5) is 0 Å². The van der Waals surface area contributed by atoms with Gasteiger partial charge in [-0.1, -0.05) is 6.07 Å². The van der Waals surface area contributed by atoms with Crippen molar-refractivity contribution in [3.05, 3.63) is 24.1 Å². The van der Waals surface area contributed by atoms with E-state index in [1.165, 1.54) is 6.07 Å². The van der Waals surface area contributed by atoms with E-state index < -0.39 is 0 Å². The second kappa shape index (κ2) is 2.34. The van der Waals surface area contributed by atoms with E-state index in [0.29, 0.717) is 11.8 Å². The third-order valence-corrected chi connectivity index (χ3v) is 1.51. The van der Waals surface area contributed by atoms with Crippen molar-refractivity contribution < 1.29 is 14.3 Å². The summed E-state index contributed by atoms with van der Waals surface area (Å²) in [5.41, 5.74) is 0.733. The minimum absolute atomic E-state index is 0.00639. The maximum Gasteiger partial charge on any atom is 0.261 e. The molecule has 0 unspecified atom stereocenters. The molecule has 12 heavy (non-hydrogen) atoms. The number of hydrogen-bond donors (Lipinski definition) is 1. The standard InChI is InChI=1S/C8H5NO3/c10-4-7-9-5-2-1-3-6(11)8(5)12-7/h1-4,11H. The lowest BCUT2D eigenvalue weighted by Gasteiger charge is -1.88. The third kappa shape index (κ3) is 0.852. The van der Waals surface area contributed by atoms with Gasteiger partial charge in [0.1, 0.15) is 5.52 Å². The second-order valence-corrected chi connectivity index (χ2v) is 2.30. The molecule has 0 aliphatic rings. The molecule has 60 valence electrons. The van der Waals surface area contributed by atoms with Crippen LogP contribution in [0.2, 0.25) is 0 Å². The first kappa shape index (κ1) is 6.84. The highest BCUT2D eigenvalue weighted by molar-refractivity contribution is 5.82. The lowest BCUT2D eigenvalue weighted by molar-refractivity contribution is 0.109. The van der Waals surface area contributed by atoms with Gasteiger partial charge >= 0.3 is 0 Å². The van der Waals surface area contributed by atoms with Crippen molar-refractivity contribution in [2.75, 3.05) is 0 Å². The van der Waals surface area contributed by atoms with Gasteiger partial charge in [-0.2, -0.15) is 0 Å². The van der Waals surface area contributed by atoms with E-state index in [1.807, 2.05) is 0 Å². The molecular formula is C8H5NO3. The van der Waals surface area contributed by atoms with Crippen LogP contribution >= 0.6 is 0 Å². The van der Waals surface area contributed by atoms with Gasteiger partial charge in [0.05, 0.1) is 0 Å². The first-order chi connectivity index (χ1) is 5.81. The molecule has 0 radical (unpaired) electrons. The summed E-state index contributed by atoms with van der Waals surface area (Å²) in [5, 5.41) is 9.23. The molecule has 0 aliphatic heterocycles. The molecular weight excluding hydrogens is 158 g/mol. The minimum Gasteiger partial charge on any atom is -0.504 e. The van der Waals surface area contributed by atoms with Crippen LogP contribution in [0, 0.1) is 0 Å². The molecule has 0 amide bonds. The largest absolute Gasteiger partial charge is 0.504 e. The van der Waals surface area contributed by atoms with Crippen LogP contribution in [0.3, 0.4) is 0 Å². The van der Waals surface area contributed by atoms with Crippen molar-refractivity contribution >= 4 is 17.4 Å². The molecule has 1 heterocycles. The molecule has 1 N–H and O–H groups in total. The van der Waals surface area contributed by atoms with Gasteiger partial charge in [0.15, 0.2) is 11.3 Å². The zero-order chi connectivity index (χ0) is 8.55. The Labute approximate surface area is 67.4 Å². The highest BCUT2D eigenvalue weighted by Gasteiger charge is 2.06. The van der Waals surface area contributed by atoms with Crippen molar-refractivity contribution in [1.29, 1.82) is 0 Å². The molecule has 1 aromatic carbocycles. The number of hydrogen-bond acceptors (Lipinski definition) is 4. The number of aromatic hydroxyl groups is 1. The van der Waals surface area contributed by atoms with E-state index in [1.54, 1.807) is 12.1 Å². The monoisotopic (exact) mass is 163 g/mol. The van der Waals surface area contributed by atoms with E-state index in [-0.39, 0.29) is 17.2 Å². The Kier molecular flexibility index (Phi) is 1.33. The quantitative estimate of drug-likeness (QED) is 0.644. The molecule has 0 spiro atoms. The fraction of sp³-hybridized carbons (Fsp3) is 0. The number of aldehydes is 1. The van der Waals surface area contributed by atoms with Crippen LogP contribution in [-0.4, -0.2) is 16.4 Å². The number of fused-ring (bicyclic) bond motifs is 1. The Morgan fingerprint density at radius 2 is 2.33 bits per heavy atom. The maximum atomic E-state index is 10.2. The molecule has 4 heteroatoms. The van der Waals surface area contributed by atoms with Crippen molar-refractivity contribution in [2.45, 2.75) is 0 Å². The van der Waals surface area contributed by atoms with E-state index in [4.69, 9.17) is 4.42 Å². The summed E-state index contributed by atoms with van der Waals surface area (Å²) < 4.78 is 4.92. The van der Waals surface area contributed by atoms with E-state index in [2.05, 4.69) is 4.98 Å². The predicted molar refractivity (Wildman–Crippen MR) is 41.1 cm³/mol. The SMILES string of the molecule is O=Cc1nc2cccc(O)c2o1.